The van der Waals surface area contributed by atoms with Crippen LogP contribution in [0.3, 0.4) is 0 Å². The van der Waals surface area contributed by atoms with Gasteiger partial charge in [0.25, 0.3) is 5.91 Å². The molecule has 7 heteroatoms. The lowest BCUT2D eigenvalue weighted by atomic mass is 10.1. The number of carbonyl (C=O) groups is 3. The maximum absolute atomic E-state index is 12.3. The second-order valence-electron chi connectivity index (χ2n) is 6.05. The van der Waals surface area contributed by atoms with Gasteiger partial charge in [0.1, 0.15) is 5.75 Å². The molecule has 0 atom stereocenters. The van der Waals surface area contributed by atoms with Gasteiger partial charge in [-0.25, -0.2) is 0 Å². The third kappa shape index (κ3) is 3.67. The molecule has 0 radical (unpaired) electrons. The lowest BCUT2D eigenvalue weighted by Gasteiger charge is -2.34. The number of benzene rings is 1. The highest BCUT2D eigenvalue weighted by molar-refractivity contribution is 5.95. The first-order valence-corrected chi connectivity index (χ1v) is 8.12. The summed E-state index contributed by atoms with van der Waals surface area (Å²) in [5, 5.41) is 2.77. The molecule has 0 saturated carbocycles. The fourth-order valence-corrected chi connectivity index (χ4v) is 2.97. The maximum atomic E-state index is 12.3. The average molecular weight is 331 g/mol. The molecule has 0 unspecified atom stereocenters. The number of fused-ring (bicyclic) bond motifs is 1. The van der Waals surface area contributed by atoms with E-state index in [0.717, 1.165) is 5.56 Å². The summed E-state index contributed by atoms with van der Waals surface area (Å²) in [5.41, 5.74) is 1.64. The predicted molar refractivity (Wildman–Crippen MR) is 87.7 cm³/mol. The van der Waals surface area contributed by atoms with Crippen molar-refractivity contribution in [1.82, 2.24) is 9.80 Å². The van der Waals surface area contributed by atoms with E-state index in [4.69, 9.17) is 4.74 Å². The molecule has 0 aliphatic carbocycles. The lowest BCUT2D eigenvalue weighted by molar-refractivity contribution is -0.138. The first-order chi connectivity index (χ1) is 11.5. The van der Waals surface area contributed by atoms with Crippen LogP contribution in [-0.4, -0.2) is 60.3 Å². The number of rotatable bonds is 3. The minimum atomic E-state index is -0.168. The Hall–Kier alpha value is -2.57. The van der Waals surface area contributed by atoms with Crippen LogP contribution in [0.4, 0.5) is 5.69 Å². The molecule has 1 fully saturated rings. The van der Waals surface area contributed by atoms with Crippen LogP contribution in [0.5, 0.6) is 5.75 Å². The van der Waals surface area contributed by atoms with Crippen LogP contribution in [0.1, 0.15) is 18.9 Å². The van der Waals surface area contributed by atoms with E-state index in [0.29, 0.717) is 50.5 Å². The highest BCUT2D eigenvalue weighted by Crippen LogP contribution is 2.28. The molecule has 24 heavy (non-hydrogen) atoms. The first-order valence-electron chi connectivity index (χ1n) is 8.12. The minimum Gasteiger partial charge on any atom is -0.482 e. The monoisotopic (exact) mass is 331 g/mol. The Morgan fingerprint density at radius 3 is 2.58 bits per heavy atom. The van der Waals surface area contributed by atoms with Crippen molar-refractivity contribution in [3.8, 4) is 5.75 Å². The number of anilines is 1. The summed E-state index contributed by atoms with van der Waals surface area (Å²) in [6.45, 7) is 3.97. The number of ether oxygens (including phenoxy) is 1. The molecule has 0 spiro atoms. The summed E-state index contributed by atoms with van der Waals surface area (Å²) in [6.07, 6.45) is 1.02. The van der Waals surface area contributed by atoms with Crippen LogP contribution in [0.15, 0.2) is 18.2 Å². The van der Waals surface area contributed by atoms with Gasteiger partial charge in [0.15, 0.2) is 6.61 Å². The fourth-order valence-electron chi connectivity index (χ4n) is 2.97. The first kappa shape index (κ1) is 16.3. The van der Waals surface area contributed by atoms with E-state index >= 15 is 0 Å². The summed E-state index contributed by atoms with van der Waals surface area (Å²) in [6, 6.07) is 5.59. The third-order valence-electron chi connectivity index (χ3n) is 4.38. The Balaban J connectivity index is 1.53. The van der Waals surface area contributed by atoms with Gasteiger partial charge in [-0.15, -0.1) is 0 Å². The Labute approximate surface area is 140 Å². The largest absolute Gasteiger partial charge is 0.482 e. The van der Waals surface area contributed by atoms with Crippen LogP contribution in [0, 0.1) is 0 Å². The molecule has 3 rings (SSSR count). The molecule has 3 amide bonds. The van der Waals surface area contributed by atoms with Gasteiger partial charge in [0.05, 0.1) is 5.69 Å². The molecular formula is C17H21N3O4. The average Bonchev–Trinajstić information content (AvgIpc) is 2.59. The normalized spacial score (nSPS) is 17.0. The minimum absolute atomic E-state index is 0.0388. The van der Waals surface area contributed by atoms with Crippen molar-refractivity contribution < 1.29 is 19.1 Å². The standard InChI is InChI=1S/C17H21N3O4/c1-12(21)19-6-8-20(9-7-19)17(23)5-3-13-2-4-15-14(10-13)18-16(22)11-24-15/h2,4,10H,3,5-9,11H2,1H3,(H,18,22). The van der Waals surface area contributed by atoms with Gasteiger partial charge < -0.3 is 19.9 Å². The van der Waals surface area contributed by atoms with E-state index in [1.807, 2.05) is 23.1 Å². The van der Waals surface area contributed by atoms with Crippen molar-refractivity contribution >= 4 is 23.4 Å². The molecule has 1 aromatic rings. The van der Waals surface area contributed by atoms with Crippen molar-refractivity contribution in [1.29, 1.82) is 0 Å². The van der Waals surface area contributed by atoms with Crippen LogP contribution < -0.4 is 10.1 Å². The summed E-state index contributed by atoms with van der Waals surface area (Å²) in [5.74, 6) is 0.640. The molecule has 128 valence electrons. The Morgan fingerprint density at radius 1 is 1.17 bits per heavy atom. The summed E-state index contributed by atoms with van der Waals surface area (Å²) in [4.78, 5) is 38.6. The summed E-state index contributed by atoms with van der Waals surface area (Å²) < 4.78 is 5.32. The number of nitrogens with zero attached hydrogens (tertiary/aromatic N) is 2. The third-order valence-corrected chi connectivity index (χ3v) is 4.38. The molecule has 0 aromatic heterocycles. The van der Waals surface area contributed by atoms with Crippen molar-refractivity contribution in [2.45, 2.75) is 19.8 Å². The summed E-state index contributed by atoms with van der Waals surface area (Å²) in [7, 11) is 0. The molecule has 2 aliphatic rings. The summed E-state index contributed by atoms with van der Waals surface area (Å²) >= 11 is 0. The van der Waals surface area contributed by atoms with Crippen molar-refractivity contribution in [2.24, 2.45) is 0 Å². The molecule has 1 N–H and O–H groups in total. The predicted octanol–water partition coefficient (Wildman–Crippen LogP) is 0.641. The number of hydrogen-bond acceptors (Lipinski definition) is 4. The van der Waals surface area contributed by atoms with Crippen LogP contribution in [0.2, 0.25) is 0 Å². The second kappa shape index (κ2) is 6.90. The van der Waals surface area contributed by atoms with Crippen LogP contribution in [-0.2, 0) is 20.8 Å². The number of amides is 3. The van der Waals surface area contributed by atoms with Gasteiger partial charge in [0, 0.05) is 39.5 Å². The van der Waals surface area contributed by atoms with Crippen LogP contribution >= 0.6 is 0 Å². The number of nitrogens with one attached hydrogen (secondary N) is 1. The van der Waals surface area contributed by atoms with E-state index in [2.05, 4.69) is 5.32 Å². The topological polar surface area (TPSA) is 79.0 Å². The SMILES string of the molecule is CC(=O)N1CCN(C(=O)CCc2ccc3c(c2)NC(=O)CO3)CC1. The Morgan fingerprint density at radius 2 is 1.88 bits per heavy atom. The van der Waals surface area contributed by atoms with Gasteiger partial charge in [-0.3, -0.25) is 14.4 Å². The number of hydrogen-bond donors (Lipinski definition) is 1. The lowest BCUT2D eigenvalue weighted by Crippen LogP contribution is -2.50. The van der Waals surface area contributed by atoms with Gasteiger partial charge >= 0.3 is 0 Å². The second-order valence-corrected chi connectivity index (χ2v) is 6.05. The molecule has 7 nitrogen and oxygen atoms in total. The van der Waals surface area contributed by atoms with Gasteiger partial charge in [-0.1, -0.05) is 6.07 Å². The van der Waals surface area contributed by atoms with Crippen molar-refractivity contribution in [3.63, 3.8) is 0 Å². The zero-order chi connectivity index (χ0) is 17.1. The van der Waals surface area contributed by atoms with Gasteiger partial charge in [0.2, 0.25) is 11.8 Å². The smallest absolute Gasteiger partial charge is 0.262 e. The number of aryl methyl sites for hydroxylation is 1. The van der Waals surface area contributed by atoms with Crippen molar-refractivity contribution in [2.75, 3.05) is 38.1 Å². The quantitative estimate of drug-likeness (QED) is 0.882. The molecular weight excluding hydrogens is 310 g/mol. The molecule has 2 heterocycles. The van der Waals surface area contributed by atoms with E-state index in [1.54, 1.807) is 11.8 Å². The molecule has 0 bridgehead atoms. The Bertz CT molecular complexity index is 666. The van der Waals surface area contributed by atoms with E-state index < -0.39 is 0 Å². The fraction of sp³-hybridized carbons (Fsp3) is 0.471. The van der Waals surface area contributed by atoms with E-state index in [1.165, 1.54) is 0 Å². The van der Waals surface area contributed by atoms with E-state index in [9.17, 15) is 14.4 Å². The zero-order valence-corrected chi connectivity index (χ0v) is 13.7. The highest BCUT2D eigenvalue weighted by Gasteiger charge is 2.22. The number of carbonyl (C=O) groups excluding carboxylic acids is 3. The maximum Gasteiger partial charge on any atom is 0.262 e. The molecule has 1 saturated heterocycles. The molecule has 2 aliphatic heterocycles. The van der Waals surface area contributed by atoms with E-state index in [-0.39, 0.29) is 24.3 Å². The molecule has 1 aromatic carbocycles. The van der Waals surface area contributed by atoms with Gasteiger partial charge in [-0.2, -0.15) is 0 Å². The highest BCUT2D eigenvalue weighted by atomic mass is 16.5. The van der Waals surface area contributed by atoms with Gasteiger partial charge in [-0.05, 0) is 24.1 Å². The Kier molecular flexibility index (Phi) is 4.69. The number of piperazine rings is 1. The van der Waals surface area contributed by atoms with Crippen molar-refractivity contribution in [3.05, 3.63) is 23.8 Å². The van der Waals surface area contributed by atoms with Crippen LogP contribution in [0.25, 0.3) is 0 Å². The zero-order valence-electron chi connectivity index (χ0n) is 13.7.